The third kappa shape index (κ3) is 4.51. The zero-order chi connectivity index (χ0) is 25.1. The van der Waals surface area contributed by atoms with Gasteiger partial charge >= 0.3 is 6.03 Å². The van der Waals surface area contributed by atoms with Gasteiger partial charge in [0.1, 0.15) is 5.54 Å². The highest BCUT2D eigenvalue weighted by Gasteiger charge is 2.57. The molecule has 0 saturated carbocycles. The van der Waals surface area contributed by atoms with Crippen LogP contribution >= 0.6 is 0 Å². The van der Waals surface area contributed by atoms with Gasteiger partial charge in [-0.25, -0.2) is 4.79 Å². The lowest BCUT2D eigenvalue weighted by atomic mass is 9.85. The molecule has 5 rings (SSSR count). The number of methoxy groups -OCH3 is 1. The molecule has 0 aliphatic carbocycles. The summed E-state index contributed by atoms with van der Waals surface area (Å²) in [6.07, 6.45) is 8.85. The zero-order valence-corrected chi connectivity index (χ0v) is 21.2. The van der Waals surface area contributed by atoms with E-state index in [4.69, 9.17) is 4.74 Å². The number of ether oxygens (including phenoxy) is 1. The molecule has 1 spiro atoms. The first kappa shape index (κ1) is 24.5. The lowest BCUT2D eigenvalue weighted by molar-refractivity contribution is -0.136. The molecular formula is C28H35N5O3. The van der Waals surface area contributed by atoms with Gasteiger partial charge in [-0.3, -0.25) is 14.7 Å². The largest absolute Gasteiger partial charge is 0.383 e. The number of hydrogen-bond donors (Lipinski definition) is 1. The van der Waals surface area contributed by atoms with Crippen LogP contribution in [0, 0.1) is 0 Å². The second-order valence-electron chi connectivity index (χ2n) is 9.99. The molecule has 2 aromatic heterocycles. The standard InChI is InChI=1S/C28H35N5O3/c1-21(9-10-23-19-30-25-8-4-3-7-24(23)25)31-14-11-28(12-15-31)26(34)32(20-22-6-5-13-29-18-22)27(35)33(28)16-17-36-2/h3-8,13,18-19,21,30H,9-12,14-17,20H2,1-2H3. The molecule has 2 aliphatic heterocycles. The Balaban J connectivity index is 1.25. The van der Waals surface area contributed by atoms with Gasteiger partial charge in [0.15, 0.2) is 0 Å². The highest BCUT2D eigenvalue weighted by Crippen LogP contribution is 2.38. The number of carbonyl (C=O) groups is 2. The average Bonchev–Trinajstić information content (AvgIpc) is 3.40. The molecule has 1 N–H and O–H groups in total. The third-order valence-electron chi connectivity index (χ3n) is 7.96. The van der Waals surface area contributed by atoms with E-state index in [1.165, 1.54) is 21.4 Å². The van der Waals surface area contributed by atoms with Gasteiger partial charge in [-0.05, 0) is 55.9 Å². The van der Waals surface area contributed by atoms with Crippen molar-refractivity contribution in [1.29, 1.82) is 0 Å². The van der Waals surface area contributed by atoms with Crippen molar-refractivity contribution in [2.75, 3.05) is 33.4 Å². The summed E-state index contributed by atoms with van der Waals surface area (Å²) in [5.74, 6) is -0.0847. The second kappa shape index (κ2) is 10.4. The van der Waals surface area contributed by atoms with Crippen molar-refractivity contribution in [3.05, 3.63) is 66.1 Å². The Labute approximate surface area is 212 Å². The average molecular weight is 490 g/mol. The number of likely N-dealkylation sites (tertiary alicyclic amines) is 1. The molecule has 1 atom stereocenters. The minimum Gasteiger partial charge on any atom is -0.383 e. The number of benzene rings is 1. The first-order valence-electron chi connectivity index (χ1n) is 12.8. The molecule has 8 nitrogen and oxygen atoms in total. The quantitative estimate of drug-likeness (QED) is 0.462. The fourth-order valence-corrected chi connectivity index (χ4v) is 5.79. The molecule has 190 valence electrons. The van der Waals surface area contributed by atoms with Crippen LogP contribution in [0.25, 0.3) is 10.9 Å². The number of fused-ring (bicyclic) bond motifs is 1. The number of hydrogen-bond acceptors (Lipinski definition) is 5. The maximum absolute atomic E-state index is 13.7. The minimum absolute atomic E-state index is 0.0847. The van der Waals surface area contributed by atoms with Gasteiger partial charge in [-0.2, -0.15) is 0 Å². The van der Waals surface area contributed by atoms with E-state index in [1.54, 1.807) is 24.4 Å². The van der Waals surface area contributed by atoms with Crippen molar-refractivity contribution in [3.8, 4) is 0 Å². The van der Waals surface area contributed by atoms with E-state index in [9.17, 15) is 9.59 Å². The number of amides is 3. The highest BCUT2D eigenvalue weighted by atomic mass is 16.5. The monoisotopic (exact) mass is 489 g/mol. The van der Waals surface area contributed by atoms with Crippen LogP contribution in [-0.4, -0.2) is 81.5 Å². The van der Waals surface area contributed by atoms with Gasteiger partial charge in [0.25, 0.3) is 5.91 Å². The van der Waals surface area contributed by atoms with Crippen LogP contribution in [-0.2, 0) is 22.5 Å². The van der Waals surface area contributed by atoms with Crippen molar-refractivity contribution in [1.82, 2.24) is 24.7 Å². The molecule has 1 aromatic carbocycles. The first-order valence-corrected chi connectivity index (χ1v) is 12.8. The van der Waals surface area contributed by atoms with Crippen LogP contribution < -0.4 is 0 Å². The van der Waals surface area contributed by atoms with Crippen LogP contribution in [0.3, 0.4) is 0 Å². The lowest BCUT2D eigenvalue weighted by Crippen LogP contribution is -2.58. The van der Waals surface area contributed by atoms with Crippen LogP contribution in [0.5, 0.6) is 0 Å². The summed E-state index contributed by atoms with van der Waals surface area (Å²) >= 11 is 0. The summed E-state index contributed by atoms with van der Waals surface area (Å²) in [4.78, 5) is 40.3. The molecule has 36 heavy (non-hydrogen) atoms. The number of nitrogens with zero attached hydrogens (tertiary/aromatic N) is 4. The molecule has 3 aromatic rings. The van der Waals surface area contributed by atoms with Crippen molar-refractivity contribution >= 4 is 22.8 Å². The second-order valence-corrected chi connectivity index (χ2v) is 9.99. The molecule has 3 amide bonds. The first-order chi connectivity index (χ1) is 17.5. The summed E-state index contributed by atoms with van der Waals surface area (Å²) in [5.41, 5.74) is 2.59. The fourth-order valence-electron chi connectivity index (χ4n) is 5.79. The number of piperidine rings is 1. The SMILES string of the molecule is COCCN1C(=O)N(Cc2cccnc2)C(=O)C12CCN(C(C)CCc1c[nH]c3ccccc13)CC2. The Morgan fingerprint density at radius 3 is 2.69 bits per heavy atom. The van der Waals surface area contributed by atoms with Gasteiger partial charge in [-0.1, -0.05) is 24.3 Å². The highest BCUT2D eigenvalue weighted by molar-refractivity contribution is 6.07. The summed E-state index contributed by atoms with van der Waals surface area (Å²) < 4.78 is 5.29. The zero-order valence-electron chi connectivity index (χ0n) is 21.2. The third-order valence-corrected chi connectivity index (χ3v) is 7.96. The smallest absolute Gasteiger partial charge is 0.328 e. The summed E-state index contributed by atoms with van der Waals surface area (Å²) in [5, 5.41) is 1.29. The topological polar surface area (TPSA) is 81.8 Å². The fraction of sp³-hybridized carbons (Fsp3) is 0.464. The van der Waals surface area contributed by atoms with E-state index >= 15 is 0 Å². The van der Waals surface area contributed by atoms with E-state index in [0.29, 0.717) is 32.0 Å². The number of imide groups is 1. The maximum Gasteiger partial charge on any atom is 0.328 e. The van der Waals surface area contributed by atoms with Gasteiger partial charge in [0.2, 0.25) is 0 Å². The molecular weight excluding hydrogens is 454 g/mol. The Bertz CT molecular complexity index is 1200. The van der Waals surface area contributed by atoms with Gasteiger partial charge < -0.3 is 19.5 Å². The van der Waals surface area contributed by atoms with Gasteiger partial charge in [0.05, 0.1) is 13.2 Å². The number of H-pyrrole nitrogens is 1. The molecule has 2 aliphatic rings. The summed E-state index contributed by atoms with van der Waals surface area (Å²) in [6, 6.07) is 12.3. The molecule has 1 unspecified atom stereocenters. The number of pyridine rings is 1. The predicted molar refractivity (Wildman–Crippen MR) is 138 cm³/mol. The number of rotatable bonds is 9. The van der Waals surface area contributed by atoms with Crippen LogP contribution in [0.4, 0.5) is 4.79 Å². The number of para-hydroxylation sites is 1. The number of urea groups is 1. The molecule has 4 heterocycles. The lowest BCUT2D eigenvalue weighted by Gasteiger charge is -2.44. The minimum atomic E-state index is -0.787. The van der Waals surface area contributed by atoms with Crippen molar-refractivity contribution in [3.63, 3.8) is 0 Å². The Kier molecular flexibility index (Phi) is 7.07. The van der Waals surface area contributed by atoms with E-state index in [0.717, 1.165) is 31.5 Å². The predicted octanol–water partition coefficient (Wildman–Crippen LogP) is 3.83. The molecule has 2 saturated heterocycles. The van der Waals surface area contributed by atoms with Crippen LogP contribution in [0.15, 0.2) is 55.0 Å². The van der Waals surface area contributed by atoms with Crippen molar-refractivity contribution in [2.24, 2.45) is 0 Å². The molecule has 0 bridgehead atoms. The summed E-state index contributed by atoms with van der Waals surface area (Å²) in [6.45, 7) is 4.93. The van der Waals surface area contributed by atoms with Gasteiger partial charge in [-0.15, -0.1) is 0 Å². The number of aryl methyl sites for hydroxylation is 1. The number of carbonyl (C=O) groups excluding carboxylic acids is 2. The van der Waals surface area contributed by atoms with Crippen molar-refractivity contribution < 1.29 is 14.3 Å². The van der Waals surface area contributed by atoms with E-state index in [2.05, 4.69) is 52.3 Å². The maximum atomic E-state index is 13.7. The number of aromatic amines is 1. The van der Waals surface area contributed by atoms with E-state index < -0.39 is 5.54 Å². The number of nitrogens with one attached hydrogen (secondary N) is 1. The molecule has 2 fully saturated rings. The normalized spacial score (nSPS) is 19.1. The van der Waals surface area contributed by atoms with Crippen LogP contribution in [0.1, 0.15) is 37.3 Å². The van der Waals surface area contributed by atoms with E-state index in [-0.39, 0.29) is 18.5 Å². The van der Waals surface area contributed by atoms with Gasteiger partial charge in [0, 0.05) is 62.3 Å². The van der Waals surface area contributed by atoms with Crippen LogP contribution in [0.2, 0.25) is 0 Å². The van der Waals surface area contributed by atoms with Crippen molar-refractivity contribution in [2.45, 2.75) is 50.7 Å². The Hall–Kier alpha value is -3.23. The Morgan fingerprint density at radius 2 is 1.94 bits per heavy atom. The number of aromatic nitrogens is 2. The summed E-state index contributed by atoms with van der Waals surface area (Å²) in [7, 11) is 1.63. The molecule has 8 heteroatoms. The Morgan fingerprint density at radius 1 is 1.14 bits per heavy atom. The molecule has 0 radical (unpaired) electrons. The van der Waals surface area contributed by atoms with E-state index in [1.807, 2.05) is 12.1 Å².